The number of carbonyl (C=O) groups excluding carboxylic acids is 1. The number of amides is 1. The number of hydrogen-bond acceptors (Lipinski definition) is 3. The maximum absolute atomic E-state index is 11.7. The zero-order valence-electron chi connectivity index (χ0n) is 14.6. The van der Waals surface area contributed by atoms with E-state index in [2.05, 4.69) is 34.7 Å². The van der Waals surface area contributed by atoms with Gasteiger partial charge in [-0.2, -0.15) is 0 Å². The first kappa shape index (κ1) is 19.0. The van der Waals surface area contributed by atoms with E-state index in [1.165, 1.54) is 11.1 Å². The predicted octanol–water partition coefficient (Wildman–Crippen LogP) is 1.15. The Morgan fingerprint density at radius 1 is 1.30 bits per heavy atom. The van der Waals surface area contributed by atoms with Crippen LogP contribution in [-0.4, -0.2) is 57.2 Å². The maximum Gasteiger partial charge on any atom is 0.241 e. The summed E-state index contributed by atoms with van der Waals surface area (Å²) in [5.74, 6) is 0.611. The van der Waals surface area contributed by atoms with Crippen molar-refractivity contribution in [3.63, 3.8) is 0 Å². The zero-order valence-corrected chi connectivity index (χ0v) is 14.6. The highest BCUT2D eigenvalue weighted by Crippen LogP contribution is 2.09. The minimum atomic E-state index is -0.109. The van der Waals surface area contributed by atoms with Crippen LogP contribution in [0, 0.1) is 6.92 Å². The number of aryl methyl sites for hydroxylation is 1. The van der Waals surface area contributed by atoms with Gasteiger partial charge in [0.2, 0.25) is 5.91 Å². The average Bonchev–Trinajstić information content (AvgIpc) is 2.53. The van der Waals surface area contributed by atoms with Gasteiger partial charge in [-0.3, -0.25) is 4.79 Å². The molecule has 128 valence electrons. The fourth-order valence-electron chi connectivity index (χ4n) is 2.08. The summed E-state index contributed by atoms with van der Waals surface area (Å²) in [5, 5.41) is 5.98. The van der Waals surface area contributed by atoms with E-state index in [-0.39, 0.29) is 12.5 Å². The van der Waals surface area contributed by atoms with Crippen LogP contribution < -0.4 is 10.6 Å². The second-order valence-corrected chi connectivity index (χ2v) is 5.30. The van der Waals surface area contributed by atoms with Crippen LogP contribution >= 0.6 is 0 Å². The number of aliphatic imine (C=N–C) groups is 1. The van der Waals surface area contributed by atoms with E-state index in [4.69, 9.17) is 4.74 Å². The number of carbonyl (C=O) groups is 1. The molecule has 0 aliphatic carbocycles. The van der Waals surface area contributed by atoms with E-state index < -0.39 is 0 Å². The fraction of sp³-hybridized carbons (Fsp3) is 0.529. The van der Waals surface area contributed by atoms with Gasteiger partial charge in [0, 0.05) is 33.8 Å². The predicted molar refractivity (Wildman–Crippen MR) is 93.5 cm³/mol. The second-order valence-electron chi connectivity index (χ2n) is 5.30. The van der Waals surface area contributed by atoms with Gasteiger partial charge in [-0.05, 0) is 25.0 Å². The molecule has 2 N–H and O–H groups in total. The molecule has 0 unspecified atom stereocenters. The minimum Gasteiger partial charge on any atom is -0.383 e. The third-order valence-electron chi connectivity index (χ3n) is 3.37. The third-order valence-corrected chi connectivity index (χ3v) is 3.37. The van der Waals surface area contributed by atoms with Crippen LogP contribution in [0.25, 0.3) is 0 Å². The molecule has 0 atom stereocenters. The lowest BCUT2D eigenvalue weighted by Crippen LogP contribution is -2.39. The largest absolute Gasteiger partial charge is 0.383 e. The molecular formula is C17H28N4O2. The normalized spacial score (nSPS) is 11.2. The van der Waals surface area contributed by atoms with Crippen molar-refractivity contribution < 1.29 is 9.53 Å². The Balaban J connectivity index is 2.63. The number of guanidine groups is 1. The summed E-state index contributed by atoms with van der Waals surface area (Å²) in [6, 6.07) is 8.26. The van der Waals surface area contributed by atoms with Crippen molar-refractivity contribution in [2.45, 2.75) is 20.4 Å². The molecule has 0 saturated carbocycles. The molecule has 0 heterocycles. The van der Waals surface area contributed by atoms with Gasteiger partial charge in [-0.1, -0.05) is 24.3 Å². The highest BCUT2D eigenvalue weighted by molar-refractivity contribution is 5.84. The van der Waals surface area contributed by atoms with Gasteiger partial charge in [0.25, 0.3) is 0 Å². The summed E-state index contributed by atoms with van der Waals surface area (Å²) in [5.41, 5.74) is 2.48. The van der Waals surface area contributed by atoms with Crippen LogP contribution in [0.5, 0.6) is 0 Å². The molecule has 0 aliphatic heterocycles. The van der Waals surface area contributed by atoms with Gasteiger partial charge >= 0.3 is 0 Å². The van der Waals surface area contributed by atoms with E-state index in [9.17, 15) is 4.79 Å². The lowest BCUT2D eigenvalue weighted by Gasteiger charge is -2.23. The lowest BCUT2D eigenvalue weighted by atomic mass is 10.1. The molecule has 0 radical (unpaired) electrons. The topological polar surface area (TPSA) is 66.0 Å². The first-order chi connectivity index (χ1) is 11.1. The summed E-state index contributed by atoms with van der Waals surface area (Å²) in [6.07, 6.45) is 0. The maximum atomic E-state index is 11.7. The summed E-state index contributed by atoms with van der Waals surface area (Å²) in [4.78, 5) is 18.2. The van der Waals surface area contributed by atoms with Crippen LogP contribution in [-0.2, 0) is 16.1 Å². The summed E-state index contributed by atoms with van der Waals surface area (Å²) in [6.45, 7) is 6.70. The standard InChI is InChI=1S/C17H28N4O2/c1-5-18-17(20-12-16(22)19-10-11-23-4)21(3)13-15-9-7-6-8-14(15)2/h6-9H,5,10-13H2,1-4H3,(H,18,20)(H,19,22). The van der Waals surface area contributed by atoms with Crippen molar-refractivity contribution in [2.75, 3.05) is 40.4 Å². The molecule has 0 fully saturated rings. The number of rotatable bonds is 8. The Morgan fingerprint density at radius 2 is 2.04 bits per heavy atom. The minimum absolute atomic E-state index is 0.101. The molecular weight excluding hydrogens is 292 g/mol. The van der Waals surface area contributed by atoms with Crippen molar-refractivity contribution >= 4 is 11.9 Å². The molecule has 1 aromatic rings. The van der Waals surface area contributed by atoms with Gasteiger partial charge < -0.3 is 20.3 Å². The number of nitrogens with zero attached hydrogens (tertiary/aromatic N) is 2. The Hall–Kier alpha value is -2.08. The van der Waals surface area contributed by atoms with Crippen LogP contribution in [0.4, 0.5) is 0 Å². The first-order valence-electron chi connectivity index (χ1n) is 7.88. The molecule has 0 aliphatic rings. The Labute approximate surface area is 138 Å². The van der Waals surface area contributed by atoms with Crippen molar-refractivity contribution in [3.8, 4) is 0 Å². The summed E-state index contributed by atoms with van der Waals surface area (Å²) in [7, 11) is 3.57. The van der Waals surface area contributed by atoms with E-state index in [0.29, 0.717) is 13.2 Å². The molecule has 1 amide bonds. The molecule has 23 heavy (non-hydrogen) atoms. The highest BCUT2D eigenvalue weighted by Gasteiger charge is 2.09. The molecule has 1 aromatic carbocycles. The quantitative estimate of drug-likeness (QED) is 0.428. The number of ether oxygens (including phenoxy) is 1. The van der Waals surface area contributed by atoms with Crippen molar-refractivity contribution in [1.82, 2.24) is 15.5 Å². The molecule has 0 aromatic heterocycles. The zero-order chi connectivity index (χ0) is 17.1. The summed E-state index contributed by atoms with van der Waals surface area (Å²) < 4.78 is 4.90. The molecule has 0 saturated heterocycles. The number of methoxy groups -OCH3 is 1. The van der Waals surface area contributed by atoms with Crippen LogP contribution in [0.2, 0.25) is 0 Å². The van der Waals surface area contributed by atoms with Gasteiger partial charge in [0.1, 0.15) is 6.54 Å². The summed E-state index contributed by atoms with van der Waals surface area (Å²) >= 11 is 0. The number of hydrogen-bond donors (Lipinski definition) is 2. The number of benzene rings is 1. The van der Waals surface area contributed by atoms with Gasteiger partial charge in [-0.15, -0.1) is 0 Å². The first-order valence-corrected chi connectivity index (χ1v) is 7.88. The Morgan fingerprint density at radius 3 is 2.70 bits per heavy atom. The average molecular weight is 320 g/mol. The Bertz CT molecular complexity index is 517. The molecule has 0 bridgehead atoms. The lowest BCUT2D eigenvalue weighted by molar-refractivity contribution is -0.119. The van der Waals surface area contributed by atoms with Crippen molar-refractivity contribution in [1.29, 1.82) is 0 Å². The Kier molecular flexibility index (Phi) is 8.75. The van der Waals surface area contributed by atoms with Gasteiger partial charge in [0.05, 0.1) is 6.61 Å². The van der Waals surface area contributed by atoms with E-state index in [1.54, 1.807) is 7.11 Å². The van der Waals surface area contributed by atoms with Crippen LogP contribution in [0.1, 0.15) is 18.1 Å². The molecule has 1 rings (SSSR count). The van der Waals surface area contributed by atoms with E-state index >= 15 is 0 Å². The van der Waals surface area contributed by atoms with Gasteiger partial charge in [0.15, 0.2) is 5.96 Å². The van der Waals surface area contributed by atoms with Crippen molar-refractivity contribution in [3.05, 3.63) is 35.4 Å². The van der Waals surface area contributed by atoms with E-state index in [1.807, 2.05) is 31.0 Å². The van der Waals surface area contributed by atoms with Crippen molar-refractivity contribution in [2.24, 2.45) is 4.99 Å². The number of nitrogens with one attached hydrogen (secondary N) is 2. The second kappa shape index (κ2) is 10.6. The van der Waals surface area contributed by atoms with Crippen LogP contribution in [0.15, 0.2) is 29.3 Å². The third kappa shape index (κ3) is 7.15. The van der Waals surface area contributed by atoms with E-state index in [0.717, 1.165) is 19.0 Å². The monoisotopic (exact) mass is 320 g/mol. The van der Waals surface area contributed by atoms with Gasteiger partial charge in [-0.25, -0.2) is 4.99 Å². The molecule has 6 heteroatoms. The smallest absolute Gasteiger partial charge is 0.241 e. The SMILES string of the molecule is CCNC(=NCC(=O)NCCOC)N(C)Cc1ccccc1C. The fourth-order valence-corrected chi connectivity index (χ4v) is 2.08. The highest BCUT2D eigenvalue weighted by atomic mass is 16.5. The van der Waals surface area contributed by atoms with Crippen LogP contribution in [0.3, 0.4) is 0 Å². The molecule has 6 nitrogen and oxygen atoms in total. The molecule has 0 spiro atoms.